The number of piperazine rings is 1. The van der Waals surface area contributed by atoms with Crippen molar-refractivity contribution in [1.29, 1.82) is 0 Å². The molecule has 1 aromatic carbocycles. The van der Waals surface area contributed by atoms with Crippen molar-refractivity contribution in [3.8, 4) is 0 Å². The Hall–Kier alpha value is -2.64. The van der Waals surface area contributed by atoms with E-state index >= 15 is 0 Å². The molecule has 1 aromatic heterocycles. The maximum atomic E-state index is 11.9. The number of aromatic nitrogens is 2. The molecule has 2 aromatic rings. The van der Waals surface area contributed by atoms with E-state index in [1.165, 1.54) is 12.8 Å². The van der Waals surface area contributed by atoms with Gasteiger partial charge in [0, 0.05) is 6.92 Å². The number of anilines is 3. The van der Waals surface area contributed by atoms with E-state index in [4.69, 9.17) is 5.73 Å². The standard InChI is InChI=1S/C23H32AsN7O2/c1-16(32)30-9-11-31(12-10-30)19-6-4-18(5-7-19)28-23-27-15-20(22(25)33)21(29-23)24-13-17-3-2-8-26-14-17/h4-7,15,17,24,26H,2-3,8-14H2,1H3,(H2,25,33)(H,27,28,29). The van der Waals surface area contributed by atoms with Crippen LogP contribution in [0.3, 0.4) is 0 Å². The molecular weight excluding hydrogens is 481 g/mol. The molecule has 10 heteroatoms. The van der Waals surface area contributed by atoms with Gasteiger partial charge in [-0.25, -0.2) is 0 Å². The monoisotopic (exact) mass is 513 g/mol. The predicted molar refractivity (Wildman–Crippen MR) is 132 cm³/mol. The molecule has 4 N–H and O–H groups in total. The number of carbonyl (C=O) groups is 2. The molecule has 2 atom stereocenters. The Bertz CT molecular complexity index is 971. The van der Waals surface area contributed by atoms with Gasteiger partial charge in [0.05, 0.1) is 0 Å². The number of hydrogen-bond acceptors (Lipinski definition) is 7. The first-order chi connectivity index (χ1) is 16.0. The Morgan fingerprint density at radius 1 is 1.21 bits per heavy atom. The molecule has 33 heavy (non-hydrogen) atoms. The van der Waals surface area contributed by atoms with Crippen molar-refractivity contribution in [2.24, 2.45) is 11.7 Å². The van der Waals surface area contributed by atoms with Crippen LogP contribution < -0.4 is 25.7 Å². The number of hydrogen-bond donors (Lipinski definition) is 3. The van der Waals surface area contributed by atoms with E-state index in [1.807, 2.05) is 17.0 Å². The summed E-state index contributed by atoms with van der Waals surface area (Å²) >= 11 is -0.592. The fourth-order valence-electron chi connectivity index (χ4n) is 4.26. The predicted octanol–water partition coefficient (Wildman–Crippen LogP) is 0.467. The third kappa shape index (κ3) is 6.24. The van der Waals surface area contributed by atoms with Crippen molar-refractivity contribution in [1.82, 2.24) is 20.2 Å². The molecule has 0 radical (unpaired) electrons. The average Bonchev–Trinajstić information content (AvgIpc) is 2.84. The van der Waals surface area contributed by atoms with Crippen LogP contribution in [0.5, 0.6) is 0 Å². The van der Waals surface area contributed by atoms with E-state index in [1.54, 1.807) is 13.1 Å². The van der Waals surface area contributed by atoms with Gasteiger partial charge in [0.25, 0.3) is 0 Å². The van der Waals surface area contributed by atoms with Crippen molar-refractivity contribution in [2.75, 3.05) is 49.5 Å². The van der Waals surface area contributed by atoms with Crippen LogP contribution >= 0.6 is 0 Å². The zero-order valence-corrected chi connectivity index (χ0v) is 21.1. The molecule has 2 unspecified atom stereocenters. The molecule has 2 aliphatic heterocycles. The Morgan fingerprint density at radius 2 is 1.97 bits per heavy atom. The molecule has 2 saturated heterocycles. The number of primary amides is 1. The molecule has 3 heterocycles. The Morgan fingerprint density at radius 3 is 2.61 bits per heavy atom. The van der Waals surface area contributed by atoms with Crippen molar-refractivity contribution in [3.05, 3.63) is 36.0 Å². The Balaban J connectivity index is 1.39. The van der Waals surface area contributed by atoms with Crippen LogP contribution in [0.4, 0.5) is 17.3 Å². The number of carbonyl (C=O) groups excluding carboxylic acids is 2. The first kappa shape index (κ1) is 23.5. The maximum absolute atomic E-state index is 11.9. The molecule has 176 valence electrons. The normalized spacial score (nSPS) is 19.1. The molecule has 0 saturated carbocycles. The minimum atomic E-state index is -0.592. The van der Waals surface area contributed by atoms with E-state index in [2.05, 4.69) is 37.6 Å². The number of benzene rings is 1. The van der Waals surface area contributed by atoms with Gasteiger partial charge in [-0.15, -0.1) is 0 Å². The van der Waals surface area contributed by atoms with Gasteiger partial charge < -0.3 is 0 Å². The average molecular weight is 513 g/mol. The zero-order valence-electron chi connectivity index (χ0n) is 19.0. The van der Waals surface area contributed by atoms with Gasteiger partial charge in [0.15, 0.2) is 0 Å². The number of rotatable bonds is 7. The molecule has 9 nitrogen and oxygen atoms in total. The van der Waals surface area contributed by atoms with Crippen LogP contribution in [-0.4, -0.2) is 81.7 Å². The molecule has 4 rings (SSSR count). The van der Waals surface area contributed by atoms with Crippen LogP contribution in [0.1, 0.15) is 30.1 Å². The molecular formula is C23H32AsN7O2. The summed E-state index contributed by atoms with van der Waals surface area (Å²) < 4.78 is 0.825. The Labute approximate surface area is 201 Å². The van der Waals surface area contributed by atoms with E-state index in [9.17, 15) is 9.59 Å². The molecule has 2 amide bonds. The van der Waals surface area contributed by atoms with Crippen molar-refractivity contribution < 1.29 is 9.59 Å². The Kier molecular flexibility index (Phi) is 7.83. The summed E-state index contributed by atoms with van der Waals surface area (Å²) in [6, 6.07) is 8.13. The van der Waals surface area contributed by atoms with Crippen molar-refractivity contribution in [2.45, 2.75) is 25.0 Å². The number of nitrogens with zero attached hydrogens (tertiary/aromatic N) is 4. The number of piperidine rings is 1. The topological polar surface area (TPSA) is 116 Å². The van der Waals surface area contributed by atoms with Crippen LogP contribution in [0, 0.1) is 5.92 Å². The van der Waals surface area contributed by atoms with Crippen LogP contribution in [-0.2, 0) is 4.79 Å². The van der Waals surface area contributed by atoms with Crippen LogP contribution in [0.25, 0.3) is 0 Å². The van der Waals surface area contributed by atoms with E-state index in [-0.39, 0.29) is 5.91 Å². The molecule has 2 aliphatic rings. The first-order valence-electron chi connectivity index (χ1n) is 11.5. The summed E-state index contributed by atoms with van der Waals surface area (Å²) in [6.07, 6.45) is 3.99. The van der Waals surface area contributed by atoms with Gasteiger partial charge in [0.2, 0.25) is 5.91 Å². The summed E-state index contributed by atoms with van der Waals surface area (Å²) in [5.41, 5.74) is 8.04. The van der Waals surface area contributed by atoms with Crippen LogP contribution in [0.2, 0.25) is 5.21 Å². The molecule has 2 fully saturated rings. The van der Waals surface area contributed by atoms with E-state index < -0.39 is 21.7 Å². The fraction of sp³-hybridized carbons (Fsp3) is 0.478. The summed E-state index contributed by atoms with van der Waals surface area (Å²) in [4.78, 5) is 36.6. The van der Waals surface area contributed by atoms with Crippen LogP contribution in [0.15, 0.2) is 30.5 Å². The summed E-state index contributed by atoms with van der Waals surface area (Å²) in [5.74, 6) is 0.810. The zero-order chi connectivity index (χ0) is 23.2. The van der Waals surface area contributed by atoms with Gasteiger partial charge in [-0.05, 0) is 0 Å². The molecule has 0 bridgehead atoms. The van der Waals surface area contributed by atoms with Crippen molar-refractivity contribution in [3.63, 3.8) is 0 Å². The summed E-state index contributed by atoms with van der Waals surface area (Å²) in [6.45, 7) is 6.91. The van der Waals surface area contributed by atoms with Gasteiger partial charge in [-0.1, -0.05) is 0 Å². The fourth-order valence-corrected chi connectivity index (χ4v) is 7.18. The summed E-state index contributed by atoms with van der Waals surface area (Å²) in [7, 11) is 0. The second-order valence-corrected chi connectivity index (χ2v) is 11.2. The van der Waals surface area contributed by atoms with Gasteiger partial charge in [-0.2, -0.15) is 0 Å². The van der Waals surface area contributed by atoms with E-state index in [0.29, 0.717) is 17.4 Å². The second-order valence-electron chi connectivity index (χ2n) is 8.58. The second kappa shape index (κ2) is 11.0. The molecule has 0 aliphatic carbocycles. The SMILES string of the molecule is CC(=O)N1CCN(c2ccc(Nc3ncc(C(N)=O)c([AsH]CC4CCCNC4)n3)cc2)CC1. The molecule has 0 spiro atoms. The van der Waals surface area contributed by atoms with Gasteiger partial charge in [-0.3, -0.25) is 4.79 Å². The number of amides is 2. The minimum absolute atomic E-state index is 0.133. The summed E-state index contributed by atoms with van der Waals surface area (Å²) in [5, 5.41) is 7.81. The van der Waals surface area contributed by atoms with Gasteiger partial charge in [0.1, 0.15) is 0 Å². The number of nitrogens with two attached hydrogens (primary N) is 1. The van der Waals surface area contributed by atoms with Crippen molar-refractivity contribution >= 4 is 49.4 Å². The first-order valence-corrected chi connectivity index (χ1v) is 14.0. The third-order valence-electron chi connectivity index (χ3n) is 6.22. The quantitative estimate of drug-likeness (QED) is 0.461. The number of nitrogens with one attached hydrogen (secondary N) is 2. The van der Waals surface area contributed by atoms with Gasteiger partial charge >= 0.3 is 184 Å². The third-order valence-corrected chi connectivity index (χ3v) is 9.37. The van der Waals surface area contributed by atoms with E-state index in [0.717, 1.165) is 60.3 Å².